The smallest absolute Gasteiger partial charge is 0.327 e. The number of carbonyl (C=O) groups excluding carboxylic acids is 2. The second kappa shape index (κ2) is 4.57. The molecule has 2 aliphatic rings. The summed E-state index contributed by atoms with van der Waals surface area (Å²) in [6, 6.07) is -0.245. The van der Waals surface area contributed by atoms with E-state index in [0.29, 0.717) is 24.7 Å². The number of nitrogens with zero attached hydrogens (tertiary/aromatic N) is 4. The van der Waals surface area contributed by atoms with Gasteiger partial charge in [0, 0.05) is 19.5 Å². The number of hydrogen-bond acceptors (Lipinski definition) is 5. The topological polar surface area (TPSA) is 79.5 Å². The van der Waals surface area contributed by atoms with Gasteiger partial charge in [-0.15, -0.1) is 0 Å². The van der Waals surface area contributed by atoms with Crippen LogP contribution in [0.3, 0.4) is 0 Å². The SMILES string of the molecule is Cc1noc(CN2C(=O)CCN(CC3(C)CC3)C2=O)n1. The highest BCUT2D eigenvalue weighted by molar-refractivity contribution is 5.96. The first-order valence-corrected chi connectivity index (χ1v) is 6.85. The van der Waals surface area contributed by atoms with Crippen molar-refractivity contribution in [3.8, 4) is 0 Å². The minimum Gasteiger partial charge on any atom is -0.337 e. The van der Waals surface area contributed by atoms with E-state index < -0.39 is 0 Å². The number of carbonyl (C=O) groups is 2. The first-order chi connectivity index (χ1) is 9.47. The molecule has 0 unspecified atom stereocenters. The first-order valence-electron chi connectivity index (χ1n) is 6.85. The molecule has 1 aliphatic carbocycles. The molecule has 0 aromatic carbocycles. The molecule has 1 aromatic heterocycles. The summed E-state index contributed by atoms with van der Waals surface area (Å²) in [5, 5.41) is 3.67. The molecule has 2 heterocycles. The summed E-state index contributed by atoms with van der Waals surface area (Å²) in [4.78, 5) is 31.3. The van der Waals surface area contributed by atoms with Crippen molar-refractivity contribution in [3.05, 3.63) is 11.7 Å². The average molecular weight is 278 g/mol. The molecular weight excluding hydrogens is 260 g/mol. The molecule has 0 N–H and O–H groups in total. The van der Waals surface area contributed by atoms with Crippen LogP contribution >= 0.6 is 0 Å². The first kappa shape index (κ1) is 13.1. The fourth-order valence-electron chi connectivity index (χ4n) is 2.41. The van der Waals surface area contributed by atoms with Gasteiger partial charge in [0.05, 0.1) is 0 Å². The maximum absolute atomic E-state index is 12.4. The Hall–Kier alpha value is -1.92. The molecule has 0 atom stereocenters. The third-order valence-corrected chi connectivity index (χ3v) is 3.94. The Morgan fingerprint density at radius 1 is 1.35 bits per heavy atom. The van der Waals surface area contributed by atoms with E-state index in [-0.39, 0.29) is 23.9 Å². The van der Waals surface area contributed by atoms with Crippen LogP contribution in [-0.2, 0) is 11.3 Å². The zero-order valence-corrected chi connectivity index (χ0v) is 11.8. The summed E-state index contributed by atoms with van der Waals surface area (Å²) < 4.78 is 4.99. The van der Waals surface area contributed by atoms with Crippen molar-refractivity contribution < 1.29 is 14.1 Å². The second-order valence-electron chi connectivity index (χ2n) is 5.98. The molecule has 3 amide bonds. The molecule has 1 aromatic rings. The molecule has 3 rings (SSSR count). The van der Waals surface area contributed by atoms with E-state index >= 15 is 0 Å². The number of aryl methyl sites for hydroxylation is 1. The van der Waals surface area contributed by atoms with Gasteiger partial charge in [0.2, 0.25) is 11.8 Å². The van der Waals surface area contributed by atoms with Gasteiger partial charge in [-0.2, -0.15) is 4.98 Å². The van der Waals surface area contributed by atoms with Gasteiger partial charge in [-0.25, -0.2) is 4.79 Å². The van der Waals surface area contributed by atoms with Gasteiger partial charge < -0.3 is 9.42 Å². The molecule has 2 fully saturated rings. The Morgan fingerprint density at radius 3 is 2.70 bits per heavy atom. The van der Waals surface area contributed by atoms with Crippen molar-refractivity contribution in [2.45, 2.75) is 39.7 Å². The average Bonchev–Trinajstić information content (AvgIpc) is 2.98. The molecule has 7 nitrogen and oxygen atoms in total. The molecule has 108 valence electrons. The van der Waals surface area contributed by atoms with Crippen molar-refractivity contribution >= 4 is 11.9 Å². The second-order valence-corrected chi connectivity index (χ2v) is 5.98. The monoisotopic (exact) mass is 278 g/mol. The fourth-order valence-corrected chi connectivity index (χ4v) is 2.41. The zero-order valence-electron chi connectivity index (χ0n) is 11.8. The lowest BCUT2D eigenvalue weighted by atomic mass is 10.1. The Kier molecular flexibility index (Phi) is 2.99. The number of aromatic nitrogens is 2. The lowest BCUT2D eigenvalue weighted by Crippen LogP contribution is -2.53. The highest BCUT2D eigenvalue weighted by atomic mass is 16.5. The molecular formula is C13H18N4O3. The largest absolute Gasteiger partial charge is 0.337 e. The summed E-state index contributed by atoms with van der Waals surface area (Å²) in [6.45, 7) is 5.16. The maximum Gasteiger partial charge on any atom is 0.327 e. The van der Waals surface area contributed by atoms with Gasteiger partial charge in [-0.3, -0.25) is 9.69 Å². The summed E-state index contributed by atoms with van der Waals surface area (Å²) in [5.74, 6) is 0.617. The van der Waals surface area contributed by atoms with Crippen LogP contribution in [-0.4, -0.2) is 45.0 Å². The van der Waals surface area contributed by atoms with Crippen molar-refractivity contribution in [1.29, 1.82) is 0 Å². The highest BCUT2D eigenvalue weighted by Crippen LogP contribution is 2.45. The van der Waals surface area contributed by atoms with Crippen molar-refractivity contribution in [2.24, 2.45) is 5.41 Å². The Morgan fingerprint density at radius 2 is 2.10 bits per heavy atom. The van der Waals surface area contributed by atoms with E-state index in [0.717, 1.165) is 19.4 Å². The summed E-state index contributed by atoms with van der Waals surface area (Å²) in [6.07, 6.45) is 2.65. The van der Waals surface area contributed by atoms with Crippen LogP contribution in [0.2, 0.25) is 0 Å². The molecule has 1 saturated heterocycles. The van der Waals surface area contributed by atoms with E-state index in [9.17, 15) is 9.59 Å². The van der Waals surface area contributed by atoms with E-state index in [1.807, 2.05) is 0 Å². The maximum atomic E-state index is 12.4. The number of rotatable bonds is 4. The van der Waals surface area contributed by atoms with Gasteiger partial charge in [0.25, 0.3) is 0 Å². The van der Waals surface area contributed by atoms with Crippen LogP contribution in [0.15, 0.2) is 4.52 Å². The molecule has 20 heavy (non-hydrogen) atoms. The predicted octanol–water partition coefficient (Wildman–Crippen LogP) is 1.33. The minimum absolute atomic E-state index is 0.0612. The van der Waals surface area contributed by atoms with Gasteiger partial charge in [-0.1, -0.05) is 12.1 Å². The highest BCUT2D eigenvalue weighted by Gasteiger charge is 2.42. The van der Waals surface area contributed by atoms with Gasteiger partial charge in [0.1, 0.15) is 6.54 Å². The van der Waals surface area contributed by atoms with E-state index in [2.05, 4.69) is 17.1 Å². The third-order valence-electron chi connectivity index (χ3n) is 3.94. The molecule has 0 spiro atoms. The zero-order chi connectivity index (χ0) is 14.3. The van der Waals surface area contributed by atoms with Crippen molar-refractivity contribution in [1.82, 2.24) is 19.9 Å². The van der Waals surface area contributed by atoms with Crippen LogP contribution in [0.25, 0.3) is 0 Å². The van der Waals surface area contributed by atoms with Crippen molar-refractivity contribution in [2.75, 3.05) is 13.1 Å². The van der Waals surface area contributed by atoms with E-state index in [1.54, 1.807) is 11.8 Å². The molecule has 0 bridgehead atoms. The van der Waals surface area contributed by atoms with E-state index in [1.165, 1.54) is 4.90 Å². The lowest BCUT2D eigenvalue weighted by Gasteiger charge is -2.35. The van der Waals surface area contributed by atoms with Crippen molar-refractivity contribution in [3.63, 3.8) is 0 Å². The normalized spacial score (nSPS) is 21.5. The Labute approximate surface area is 116 Å². The Bertz CT molecular complexity index is 550. The van der Waals surface area contributed by atoms with E-state index in [4.69, 9.17) is 4.52 Å². The number of hydrogen-bond donors (Lipinski definition) is 0. The van der Waals surface area contributed by atoms with Gasteiger partial charge in [0.15, 0.2) is 5.82 Å². The third kappa shape index (κ3) is 2.52. The van der Waals surface area contributed by atoms with Gasteiger partial charge in [-0.05, 0) is 25.2 Å². The summed E-state index contributed by atoms with van der Waals surface area (Å²) in [5.41, 5.74) is 0.239. The molecule has 1 saturated carbocycles. The number of amides is 3. The number of urea groups is 1. The summed E-state index contributed by atoms with van der Waals surface area (Å²) >= 11 is 0. The summed E-state index contributed by atoms with van der Waals surface area (Å²) in [7, 11) is 0. The standard InChI is InChI=1S/C13H18N4O3/c1-9-14-10(20-15-9)7-17-11(18)3-6-16(12(17)19)8-13(2)4-5-13/h3-8H2,1-2H3. The molecule has 1 aliphatic heterocycles. The quantitative estimate of drug-likeness (QED) is 0.830. The van der Waals surface area contributed by atoms with Crippen LogP contribution in [0.1, 0.15) is 37.9 Å². The molecule has 7 heteroatoms. The minimum atomic E-state index is -0.245. The van der Waals surface area contributed by atoms with Crippen LogP contribution < -0.4 is 0 Å². The lowest BCUT2D eigenvalue weighted by molar-refractivity contribution is -0.132. The Balaban J connectivity index is 1.70. The van der Waals surface area contributed by atoms with Crippen LogP contribution in [0, 0.1) is 12.3 Å². The fraction of sp³-hybridized carbons (Fsp3) is 0.692. The van der Waals surface area contributed by atoms with Gasteiger partial charge >= 0.3 is 6.03 Å². The van der Waals surface area contributed by atoms with Crippen LogP contribution in [0.5, 0.6) is 0 Å². The predicted molar refractivity (Wildman–Crippen MR) is 68.5 cm³/mol. The number of imide groups is 1. The van der Waals surface area contributed by atoms with Crippen LogP contribution in [0.4, 0.5) is 4.79 Å². The molecule has 0 radical (unpaired) electrons.